The van der Waals surface area contributed by atoms with E-state index >= 15 is 0 Å². The number of aromatic nitrogens is 3. The van der Waals surface area contributed by atoms with Gasteiger partial charge in [-0.2, -0.15) is 0 Å². The largest absolute Gasteiger partial charge is 0.491 e. The van der Waals surface area contributed by atoms with E-state index in [1.165, 1.54) is 0 Å². The molecule has 1 fully saturated rings. The third-order valence-electron chi connectivity index (χ3n) is 4.64. The number of nitrogens with zero attached hydrogens (tertiary/aromatic N) is 3. The molecule has 8 heteroatoms. The number of para-hydroxylation sites is 1. The molecule has 0 saturated carbocycles. The van der Waals surface area contributed by atoms with Crippen LogP contribution in [-0.2, 0) is 6.42 Å². The summed E-state index contributed by atoms with van der Waals surface area (Å²) < 4.78 is 7.53. The summed E-state index contributed by atoms with van der Waals surface area (Å²) >= 11 is 0. The topological polar surface area (TPSA) is 81.1 Å². The molecule has 2 aliphatic heterocycles. The minimum atomic E-state index is -0.192. The molecular formula is C17H22ClN5O2. The summed E-state index contributed by atoms with van der Waals surface area (Å²) in [6, 6.07) is 8.20. The Morgan fingerprint density at radius 1 is 1.28 bits per heavy atom. The van der Waals surface area contributed by atoms with Crippen LogP contribution in [0.5, 0.6) is 5.75 Å². The Hall–Kier alpha value is -2.12. The summed E-state index contributed by atoms with van der Waals surface area (Å²) in [5, 5.41) is 14.5. The highest BCUT2D eigenvalue weighted by Crippen LogP contribution is 2.24. The van der Waals surface area contributed by atoms with Gasteiger partial charge >= 0.3 is 0 Å². The van der Waals surface area contributed by atoms with Gasteiger partial charge in [-0.3, -0.25) is 4.79 Å². The molecule has 1 aromatic heterocycles. The van der Waals surface area contributed by atoms with Gasteiger partial charge in [0.15, 0.2) is 5.69 Å². The number of nitrogens with one attached hydrogen (secondary N) is 2. The molecule has 2 N–H and O–H groups in total. The number of amides is 1. The van der Waals surface area contributed by atoms with E-state index in [0.29, 0.717) is 18.3 Å². The quantitative estimate of drug-likeness (QED) is 0.860. The molecule has 1 unspecified atom stereocenters. The first-order chi connectivity index (χ1) is 11.8. The van der Waals surface area contributed by atoms with Gasteiger partial charge in [-0.1, -0.05) is 23.4 Å². The molecule has 2 aliphatic rings. The van der Waals surface area contributed by atoms with Crippen LogP contribution in [0.15, 0.2) is 30.5 Å². The Balaban J connectivity index is 0.00000182. The number of carbonyl (C=O) groups is 1. The molecular weight excluding hydrogens is 342 g/mol. The second kappa shape index (κ2) is 7.84. The van der Waals surface area contributed by atoms with E-state index in [1.54, 1.807) is 6.20 Å². The normalized spacial score (nSPS) is 20.1. The fraction of sp³-hybridized carbons (Fsp3) is 0.471. The molecule has 1 amide bonds. The number of carbonyl (C=O) groups excluding carboxylic acids is 1. The minimum absolute atomic E-state index is 0. The van der Waals surface area contributed by atoms with Gasteiger partial charge in [0.05, 0.1) is 18.3 Å². The molecule has 2 aromatic rings. The van der Waals surface area contributed by atoms with Crippen LogP contribution in [0.2, 0.25) is 0 Å². The Morgan fingerprint density at radius 2 is 2.08 bits per heavy atom. The average molecular weight is 364 g/mol. The van der Waals surface area contributed by atoms with Crippen molar-refractivity contribution in [3.05, 3.63) is 41.7 Å². The third-order valence-corrected chi connectivity index (χ3v) is 4.64. The zero-order valence-corrected chi connectivity index (χ0v) is 14.7. The molecule has 0 spiro atoms. The molecule has 1 aromatic carbocycles. The number of fused-ring (bicyclic) bond motifs is 1. The van der Waals surface area contributed by atoms with E-state index in [2.05, 4.69) is 20.9 Å². The van der Waals surface area contributed by atoms with Gasteiger partial charge in [0, 0.05) is 0 Å². The second-order valence-corrected chi connectivity index (χ2v) is 6.36. The van der Waals surface area contributed by atoms with Gasteiger partial charge < -0.3 is 15.4 Å². The van der Waals surface area contributed by atoms with Crippen molar-refractivity contribution in [1.29, 1.82) is 0 Å². The summed E-state index contributed by atoms with van der Waals surface area (Å²) in [5.74, 6) is 0.711. The maximum atomic E-state index is 12.4. The lowest BCUT2D eigenvalue weighted by Crippen LogP contribution is -2.42. The van der Waals surface area contributed by atoms with Crippen molar-refractivity contribution in [1.82, 2.24) is 25.6 Å². The SMILES string of the molecule is Cl.O=C(NC1COc2ccccc2C1)c1cn(C2CCNCC2)nn1. The van der Waals surface area contributed by atoms with Crippen molar-refractivity contribution in [3.8, 4) is 5.75 Å². The van der Waals surface area contributed by atoms with E-state index in [9.17, 15) is 4.79 Å². The van der Waals surface area contributed by atoms with Gasteiger partial charge in [0.2, 0.25) is 0 Å². The molecule has 0 aliphatic carbocycles. The minimum Gasteiger partial charge on any atom is -0.491 e. The lowest BCUT2D eigenvalue weighted by molar-refractivity contribution is 0.0910. The Bertz CT molecular complexity index is 729. The summed E-state index contributed by atoms with van der Waals surface area (Å²) in [6.45, 7) is 2.43. The molecule has 0 bridgehead atoms. The molecule has 4 rings (SSSR count). The van der Waals surface area contributed by atoms with Crippen molar-refractivity contribution >= 4 is 18.3 Å². The standard InChI is InChI=1S/C17H21N5O2.ClH/c23-17(15-10-22(21-20-15)14-5-7-18-8-6-14)19-13-9-12-3-1-2-4-16(12)24-11-13;/h1-4,10,13-14,18H,5-9,11H2,(H,19,23);1H. The number of piperidine rings is 1. The van der Waals surface area contributed by atoms with E-state index in [-0.39, 0.29) is 24.4 Å². The molecule has 0 radical (unpaired) electrons. The zero-order chi connectivity index (χ0) is 16.4. The number of halogens is 1. The van der Waals surface area contributed by atoms with Gasteiger partial charge in [-0.15, -0.1) is 17.5 Å². The van der Waals surface area contributed by atoms with Crippen LogP contribution in [0.25, 0.3) is 0 Å². The Labute approximate surface area is 152 Å². The number of hydrogen-bond acceptors (Lipinski definition) is 5. The van der Waals surface area contributed by atoms with Gasteiger partial charge in [-0.05, 0) is 44.0 Å². The fourth-order valence-corrected chi connectivity index (χ4v) is 3.31. The van der Waals surface area contributed by atoms with Crippen molar-refractivity contribution in [3.63, 3.8) is 0 Å². The van der Waals surface area contributed by atoms with E-state index < -0.39 is 0 Å². The predicted molar refractivity (Wildman–Crippen MR) is 95.3 cm³/mol. The summed E-state index contributed by atoms with van der Waals surface area (Å²) in [4.78, 5) is 12.4. The van der Waals surface area contributed by atoms with Gasteiger partial charge in [0.25, 0.3) is 5.91 Å². The number of ether oxygens (including phenoxy) is 1. The van der Waals surface area contributed by atoms with Crippen LogP contribution in [0.3, 0.4) is 0 Å². The van der Waals surface area contributed by atoms with Crippen LogP contribution < -0.4 is 15.4 Å². The Kier molecular flexibility index (Phi) is 5.55. The van der Waals surface area contributed by atoms with Gasteiger partial charge in [-0.25, -0.2) is 4.68 Å². The first-order valence-electron chi connectivity index (χ1n) is 8.44. The average Bonchev–Trinajstić information content (AvgIpc) is 3.13. The lowest BCUT2D eigenvalue weighted by atomic mass is 10.0. The van der Waals surface area contributed by atoms with Crippen molar-refractivity contribution < 1.29 is 9.53 Å². The molecule has 3 heterocycles. The highest BCUT2D eigenvalue weighted by atomic mass is 35.5. The monoisotopic (exact) mass is 363 g/mol. The van der Waals surface area contributed by atoms with E-state index in [1.807, 2.05) is 28.9 Å². The van der Waals surface area contributed by atoms with Crippen molar-refractivity contribution in [2.45, 2.75) is 31.3 Å². The first kappa shape index (κ1) is 17.7. The summed E-state index contributed by atoms with van der Waals surface area (Å²) in [7, 11) is 0. The van der Waals surface area contributed by atoms with Crippen LogP contribution >= 0.6 is 12.4 Å². The van der Waals surface area contributed by atoms with Crippen LogP contribution in [-0.4, -0.2) is 46.6 Å². The third kappa shape index (κ3) is 3.93. The predicted octanol–water partition coefficient (Wildman–Crippen LogP) is 1.36. The highest BCUT2D eigenvalue weighted by Gasteiger charge is 2.24. The fourth-order valence-electron chi connectivity index (χ4n) is 3.31. The van der Waals surface area contributed by atoms with Gasteiger partial charge in [0.1, 0.15) is 12.4 Å². The van der Waals surface area contributed by atoms with E-state index in [4.69, 9.17) is 4.74 Å². The first-order valence-corrected chi connectivity index (χ1v) is 8.44. The molecule has 134 valence electrons. The lowest BCUT2D eigenvalue weighted by Gasteiger charge is -2.25. The highest BCUT2D eigenvalue weighted by molar-refractivity contribution is 5.92. The summed E-state index contributed by atoms with van der Waals surface area (Å²) in [6.07, 6.45) is 4.54. The molecule has 1 saturated heterocycles. The van der Waals surface area contributed by atoms with Crippen LogP contribution in [0, 0.1) is 0 Å². The number of rotatable bonds is 3. The molecule has 7 nitrogen and oxygen atoms in total. The molecule has 25 heavy (non-hydrogen) atoms. The van der Waals surface area contributed by atoms with E-state index in [0.717, 1.165) is 43.7 Å². The maximum absolute atomic E-state index is 12.4. The second-order valence-electron chi connectivity index (χ2n) is 6.36. The Morgan fingerprint density at radius 3 is 2.92 bits per heavy atom. The maximum Gasteiger partial charge on any atom is 0.273 e. The summed E-state index contributed by atoms with van der Waals surface area (Å²) in [5.41, 5.74) is 1.49. The number of hydrogen-bond donors (Lipinski definition) is 2. The van der Waals surface area contributed by atoms with Crippen molar-refractivity contribution in [2.75, 3.05) is 19.7 Å². The smallest absolute Gasteiger partial charge is 0.273 e. The molecule has 1 atom stereocenters. The van der Waals surface area contributed by atoms with Crippen molar-refractivity contribution in [2.24, 2.45) is 0 Å². The number of benzene rings is 1. The zero-order valence-electron chi connectivity index (χ0n) is 13.9. The van der Waals surface area contributed by atoms with Crippen LogP contribution in [0.4, 0.5) is 0 Å². The van der Waals surface area contributed by atoms with Crippen LogP contribution in [0.1, 0.15) is 34.9 Å².